The van der Waals surface area contributed by atoms with Gasteiger partial charge in [0.05, 0.1) is 0 Å². The van der Waals surface area contributed by atoms with Gasteiger partial charge < -0.3 is 10.2 Å². The molecule has 0 aliphatic carbocycles. The standard InChI is InChI=1S/C22H26Cl2N2O2S/c1-3-25-22(28)16(2)26(15-17-6-8-18(23)9-7-17)21(27)5-4-14-29-20-12-10-19(24)11-13-20/h6-13,16H,3-5,14-15H2,1-2H3,(H,25,28)/t16-/m0/s1. The van der Waals surface area contributed by atoms with Gasteiger partial charge in [-0.3, -0.25) is 9.59 Å². The second kappa shape index (κ2) is 12.1. The highest BCUT2D eigenvalue weighted by Gasteiger charge is 2.25. The van der Waals surface area contributed by atoms with Crippen LogP contribution >= 0.6 is 35.0 Å². The van der Waals surface area contributed by atoms with E-state index < -0.39 is 6.04 Å². The second-order valence-corrected chi connectivity index (χ2v) is 8.67. The first kappa shape index (κ1) is 23.6. The van der Waals surface area contributed by atoms with E-state index in [2.05, 4.69) is 5.32 Å². The predicted octanol–water partition coefficient (Wildman–Crippen LogP) is 5.42. The molecule has 156 valence electrons. The zero-order valence-electron chi connectivity index (χ0n) is 16.7. The number of hydrogen-bond donors (Lipinski definition) is 1. The van der Waals surface area contributed by atoms with Crippen LogP contribution in [0.5, 0.6) is 0 Å². The zero-order valence-corrected chi connectivity index (χ0v) is 19.0. The molecule has 2 amide bonds. The normalized spacial score (nSPS) is 11.7. The van der Waals surface area contributed by atoms with Gasteiger partial charge in [0.2, 0.25) is 11.8 Å². The van der Waals surface area contributed by atoms with Crippen LogP contribution in [0.15, 0.2) is 53.4 Å². The van der Waals surface area contributed by atoms with E-state index in [0.29, 0.717) is 29.6 Å². The Balaban J connectivity index is 1.96. The molecule has 1 atom stereocenters. The summed E-state index contributed by atoms with van der Waals surface area (Å²) in [6.45, 7) is 4.54. The molecular formula is C22H26Cl2N2O2S. The smallest absolute Gasteiger partial charge is 0.242 e. The molecule has 0 heterocycles. The molecule has 0 unspecified atom stereocenters. The Hall–Kier alpha value is -1.69. The average Bonchev–Trinajstić information content (AvgIpc) is 2.71. The zero-order chi connectivity index (χ0) is 21.2. The average molecular weight is 453 g/mol. The van der Waals surface area contributed by atoms with Crippen molar-refractivity contribution in [2.24, 2.45) is 0 Å². The first-order valence-corrected chi connectivity index (χ1v) is 11.3. The van der Waals surface area contributed by atoms with E-state index in [9.17, 15) is 9.59 Å². The molecule has 2 rings (SSSR count). The Morgan fingerprint density at radius 3 is 2.21 bits per heavy atom. The molecule has 0 aliphatic heterocycles. The summed E-state index contributed by atoms with van der Waals surface area (Å²) in [5.74, 6) is 0.637. The Morgan fingerprint density at radius 1 is 1.03 bits per heavy atom. The van der Waals surface area contributed by atoms with Crippen LogP contribution in [-0.4, -0.2) is 35.1 Å². The molecule has 0 saturated carbocycles. The first-order chi connectivity index (χ1) is 13.9. The lowest BCUT2D eigenvalue weighted by molar-refractivity contribution is -0.140. The number of benzene rings is 2. The topological polar surface area (TPSA) is 49.4 Å². The number of hydrogen-bond acceptors (Lipinski definition) is 3. The van der Waals surface area contributed by atoms with Gasteiger partial charge in [0.1, 0.15) is 6.04 Å². The van der Waals surface area contributed by atoms with Crippen LogP contribution in [0, 0.1) is 0 Å². The lowest BCUT2D eigenvalue weighted by Gasteiger charge is -2.28. The number of likely N-dealkylation sites (N-methyl/N-ethyl adjacent to an activating group) is 1. The number of thioether (sulfide) groups is 1. The van der Waals surface area contributed by atoms with Gasteiger partial charge in [-0.25, -0.2) is 0 Å². The fraction of sp³-hybridized carbons (Fsp3) is 0.364. The molecule has 2 aromatic rings. The van der Waals surface area contributed by atoms with E-state index in [1.54, 1.807) is 35.7 Å². The van der Waals surface area contributed by atoms with E-state index in [-0.39, 0.29) is 11.8 Å². The fourth-order valence-corrected chi connectivity index (χ4v) is 3.88. The molecule has 4 nitrogen and oxygen atoms in total. The van der Waals surface area contributed by atoms with Crippen molar-refractivity contribution in [2.45, 2.75) is 44.2 Å². The highest BCUT2D eigenvalue weighted by Crippen LogP contribution is 2.22. The SMILES string of the molecule is CCNC(=O)[C@H](C)N(Cc1ccc(Cl)cc1)C(=O)CCCSc1ccc(Cl)cc1. The summed E-state index contributed by atoms with van der Waals surface area (Å²) in [6, 6.07) is 14.5. The number of halogens is 2. The van der Waals surface area contributed by atoms with Crippen molar-refractivity contribution in [1.82, 2.24) is 10.2 Å². The summed E-state index contributed by atoms with van der Waals surface area (Å²) < 4.78 is 0. The number of nitrogens with one attached hydrogen (secondary N) is 1. The van der Waals surface area contributed by atoms with Gasteiger partial charge in [-0.15, -0.1) is 11.8 Å². The molecule has 0 radical (unpaired) electrons. The molecule has 0 aromatic heterocycles. The minimum absolute atomic E-state index is 0.0320. The molecule has 1 N–H and O–H groups in total. The van der Waals surface area contributed by atoms with Crippen molar-refractivity contribution in [3.63, 3.8) is 0 Å². The minimum atomic E-state index is -0.540. The van der Waals surface area contributed by atoms with Crippen molar-refractivity contribution in [2.75, 3.05) is 12.3 Å². The third kappa shape index (κ3) is 7.92. The molecule has 0 saturated heterocycles. The summed E-state index contributed by atoms with van der Waals surface area (Å²) >= 11 is 13.5. The van der Waals surface area contributed by atoms with Crippen molar-refractivity contribution >= 4 is 46.8 Å². The van der Waals surface area contributed by atoms with Crippen LogP contribution in [0.4, 0.5) is 0 Å². The minimum Gasteiger partial charge on any atom is -0.355 e. The monoisotopic (exact) mass is 452 g/mol. The van der Waals surface area contributed by atoms with Crippen LogP contribution in [0.1, 0.15) is 32.3 Å². The number of amides is 2. The molecule has 0 fully saturated rings. The van der Waals surface area contributed by atoms with E-state index in [0.717, 1.165) is 22.6 Å². The molecule has 7 heteroatoms. The highest BCUT2D eigenvalue weighted by atomic mass is 35.5. The summed E-state index contributed by atoms with van der Waals surface area (Å²) in [4.78, 5) is 28.0. The maximum atomic E-state index is 12.9. The van der Waals surface area contributed by atoms with E-state index >= 15 is 0 Å². The number of rotatable bonds is 10. The van der Waals surface area contributed by atoms with Gasteiger partial charge in [0, 0.05) is 34.5 Å². The van der Waals surface area contributed by atoms with Crippen molar-refractivity contribution in [3.8, 4) is 0 Å². The summed E-state index contributed by atoms with van der Waals surface area (Å²) in [6.07, 6.45) is 1.11. The van der Waals surface area contributed by atoms with Gasteiger partial charge in [-0.1, -0.05) is 35.3 Å². The summed E-state index contributed by atoms with van der Waals surface area (Å²) in [5, 5.41) is 4.15. The molecule has 0 bridgehead atoms. The van der Waals surface area contributed by atoms with Gasteiger partial charge in [0.25, 0.3) is 0 Å². The Bertz CT molecular complexity index is 797. The van der Waals surface area contributed by atoms with Crippen LogP contribution < -0.4 is 5.32 Å². The predicted molar refractivity (Wildman–Crippen MR) is 122 cm³/mol. The van der Waals surface area contributed by atoms with Crippen molar-refractivity contribution in [3.05, 3.63) is 64.1 Å². The van der Waals surface area contributed by atoms with Crippen LogP contribution in [0.3, 0.4) is 0 Å². The second-order valence-electron chi connectivity index (χ2n) is 6.62. The van der Waals surface area contributed by atoms with E-state index in [1.165, 1.54) is 0 Å². The molecule has 0 aliphatic rings. The van der Waals surface area contributed by atoms with Gasteiger partial charge in [0.15, 0.2) is 0 Å². The number of carbonyl (C=O) groups is 2. The number of carbonyl (C=O) groups excluding carboxylic acids is 2. The van der Waals surface area contributed by atoms with Crippen molar-refractivity contribution in [1.29, 1.82) is 0 Å². The maximum Gasteiger partial charge on any atom is 0.242 e. The number of nitrogens with zero attached hydrogens (tertiary/aromatic N) is 1. The Labute approximate surface area is 187 Å². The van der Waals surface area contributed by atoms with Gasteiger partial charge in [-0.05, 0) is 68.0 Å². The third-order valence-corrected chi connectivity index (χ3v) is 6.00. The maximum absolute atomic E-state index is 12.9. The van der Waals surface area contributed by atoms with Crippen molar-refractivity contribution < 1.29 is 9.59 Å². The van der Waals surface area contributed by atoms with Gasteiger partial charge >= 0.3 is 0 Å². The van der Waals surface area contributed by atoms with Crippen LogP contribution in [-0.2, 0) is 16.1 Å². The third-order valence-electron chi connectivity index (χ3n) is 4.40. The molecular weight excluding hydrogens is 427 g/mol. The molecule has 0 spiro atoms. The molecule has 2 aromatic carbocycles. The van der Waals surface area contributed by atoms with Gasteiger partial charge in [-0.2, -0.15) is 0 Å². The van der Waals surface area contributed by atoms with E-state index in [1.807, 2.05) is 43.3 Å². The summed E-state index contributed by atoms with van der Waals surface area (Å²) in [5.41, 5.74) is 0.939. The summed E-state index contributed by atoms with van der Waals surface area (Å²) in [7, 11) is 0. The lowest BCUT2D eigenvalue weighted by Crippen LogP contribution is -2.47. The molecule has 29 heavy (non-hydrogen) atoms. The van der Waals surface area contributed by atoms with E-state index in [4.69, 9.17) is 23.2 Å². The lowest BCUT2D eigenvalue weighted by atomic mass is 10.1. The highest BCUT2D eigenvalue weighted by molar-refractivity contribution is 7.99. The largest absolute Gasteiger partial charge is 0.355 e. The fourth-order valence-electron chi connectivity index (χ4n) is 2.78. The quantitative estimate of drug-likeness (QED) is 0.386. The van der Waals surface area contributed by atoms with Crippen LogP contribution in [0.25, 0.3) is 0 Å². The van der Waals surface area contributed by atoms with Crippen LogP contribution in [0.2, 0.25) is 10.0 Å². The Kier molecular flexibility index (Phi) is 9.85. The first-order valence-electron chi connectivity index (χ1n) is 9.60. The Morgan fingerprint density at radius 2 is 1.62 bits per heavy atom.